The van der Waals surface area contributed by atoms with Crippen LogP contribution in [-0.4, -0.2) is 11.4 Å². The molecule has 0 aromatic heterocycles. The second kappa shape index (κ2) is 6.72. The van der Waals surface area contributed by atoms with Crippen LogP contribution in [0.1, 0.15) is 43.2 Å². The van der Waals surface area contributed by atoms with Gasteiger partial charge < -0.3 is 10.6 Å². The Morgan fingerprint density at radius 1 is 1.04 bits per heavy atom. The molecule has 4 heteroatoms. The fourth-order valence-electron chi connectivity index (χ4n) is 3.98. The van der Waals surface area contributed by atoms with Crippen molar-refractivity contribution in [3.63, 3.8) is 0 Å². The highest BCUT2D eigenvalue weighted by molar-refractivity contribution is 6.31. The molecule has 0 saturated heterocycles. The molecule has 2 aromatic carbocycles. The summed E-state index contributed by atoms with van der Waals surface area (Å²) in [7, 11) is 0. The van der Waals surface area contributed by atoms with Crippen molar-refractivity contribution < 1.29 is 0 Å². The zero-order valence-corrected chi connectivity index (χ0v) is 15.4. The molecule has 1 fully saturated rings. The zero-order valence-electron chi connectivity index (χ0n) is 14.6. The molecule has 0 atom stereocenters. The first-order valence-corrected chi connectivity index (χ1v) is 9.48. The fourth-order valence-corrected chi connectivity index (χ4v) is 4.15. The third kappa shape index (κ3) is 3.38. The van der Waals surface area contributed by atoms with Gasteiger partial charge in [-0.05, 0) is 43.5 Å². The Balaban J connectivity index is 1.68. The highest BCUT2D eigenvalue weighted by Gasteiger charge is 2.40. The highest BCUT2D eigenvalue weighted by atomic mass is 35.5. The van der Waals surface area contributed by atoms with E-state index in [0.717, 1.165) is 35.1 Å². The van der Waals surface area contributed by atoms with Gasteiger partial charge in [-0.15, -0.1) is 0 Å². The van der Waals surface area contributed by atoms with Gasteiger partial charge in [-0.25, -0.2) is 0 Å². The molecule has 130 valence electrons. The van der Waals surface area contributed by atoms with Crippen LogP contribution >= 0.6 is 11.6 Å². The number of halogens is 1. The predicted octanol–water partition coefficient (Wildman–Crippen LogP) is 5.79. The van der Waals surface area contributed by atoms with E-state index >= 15 is 0 Å². The van der Waals surface area contributed by atoms with Gasteiger partial charge in [0.05, 0.1) is 23.5 Å². The number of benzene rings is 2. The topological polar surface area (TPSA) is 36.4 Å². The van der Waals surface area contributed by atoms with Crippen LogP contribution in [0.3, 0.4) is 0 Å². The molecule has 0 amide bonds. The molecule has 2 aromatic rings. The van der Waals surface area contributed by atoms with E-state index in [-0.39, 0.29) is 5.54 Å². The van der Waals surface area contributed by atoms with Crippen molar-refractivity contribution in [2.45, 2.75) is 51.1 Å². The van der Waals surface area contributed by atoms with E-state index in [1.165, 1.54) is 30.4 Å². The SMILES string of the molecule is Cc1cccc(CN=C2Nc3ccc(Cl)cc3NC23CCCCC3)c1. The summed E-state index contributed by atoms with van der Waals surface area (Å²) in [5, 5.41) is 8.13. The van der Waals surface area contributed by atoms with Gasteiger partial charge in [0.15, 0.2) is 0 Å². The minimum absolute atomic E-state index is 0.0836. The van der Waals surface area contributed by atoms with E-state index in [1.807, 2.05) is 18.2 Å². The maximum Gasteiger partial charge on any atom is 0.127 e. The molecular formula is C21H24ClN3. The molecule has 0 radical (unpaired) electrons. The van der Waals surface area contributed by atoms with Gasteiger partial charge in [0.2, 0.25) is 0 Å². The first-order valence-electron chi connectivity index (χ1n) is 9.10. The number of aliphatic imine (C=N–C) groups is 1. The Morgan fingerprint density at radius 3 is 2.68 bits per heavy atom. The quantitative estimate of drug-likeness (QED) is 0.717. The lowest BCUT2D eigenvalue weighted by Gasteiger charge is -2.44. The van der Waals surface area contributed by atoms with Crippen LogP contribution in [0.25, 0.3) is 0 Å². The molecule has 1 aliphatic heterocycles. The third-order valence-electron chi connectivity index (χ3n) is 5.27. The molecular weight excluding hydrogens is 330 g/mol. The summed E-state index contributed by atoms with van der Waals surface area (Å²) in [5.74, 6) is 1.07. The lowest BCUT2D eigenvalue weighted by Crippen LogP contribution is -2.53. The first-order chi connectivity index (χ1) is 12.1. The normalized spacial score (nSPS) is 20.0. The smallest absolute Gasteiger partial charge is 0.127 e. The molecule has 3 nitrogen and oxygen atoms in total. The van der Waals surface area contributed by atoms with Crippen molar-refractivity contribution in [2.24, 2.45) is 4.99 Å². The van der Waals surface area contributed by atoms with E-state index < -0.39 is 0 Å². The Hall–Kier alpha value is -2.00. The van der Waals surface area contributed by atoms with Crippen molar-refractivity contribution in [2.75, 3.05) is 10.6 Å². The number of fused-ring (bicyclic) bond motifs is 1. The van der Waals surface area contributed by atoms with E-state index in [0.29, 0.717) is 6.54 Å². The van der Waals surface area contributed by atoms with Crippen LogP contribution in [0.15, 0.2) is 47.5 Å². The van der Waals surface area contributed by atoms with Gasteiger partial charge in [0.1, 0.15) is 5.84 Å². The molecule has 0 bridgehead atoms. The lowest BCUT2D eigenvalue weighted by atomic mass is 9.79. The number of amidine groups is 1. The number of anilines is 2. The fraction of sp³-hybridized carbons (Fsp3) is 0.381. The van der Waals surface area contributed by atoms with Crippen molar-refractivity contribution >= 4 is 28.8 Å². The lowest BCUT2D eigenvalue weighted by molar-refractivity contribution is 0.403. The van der Waals surface area contributed by atoms with E-state index in [4.69, 9.17) is 16.6 Å². The molecule has 2 aliphatic rings. The summed E-state index contributed by atoms with van der Waals surface area (Å²) in [5.41, 5.74) is 4.59. The Kier molecular flexibility index (Phi) is 4.43. The molecule has 1 aliphatic carbocycles. The van der Waals surface area contributed by atoms with Gasteiger partial charge in [0, 0.05) is 5.02 Å². The molecule has 0 unspecified atom stereocenters. The third-order valence-corrected chi connectivity index (χ3v) is 5.51. The van der Waals surface area contributed by atoms with Crippen molar-refractivity contribution in [1.82, 2.24) is 0 Å². The largest absolute Gasteiger partial charge is 0.371 e. The number of rotatable bonds is 2. The average Bonchev–Trinajstić information content (AvgIpc) is 2.61. The van der Waals surface area contributed by atoms with Gasteiger partial charge in [-0.1, -0.05) is 60.7 Å². The van der Waals surface area contributed by atoms with Gasteiger partial charge >= 0.3 is 0 Å². The summed E-state index contributed by atoms with van der Waals surface area (Å²) in [4.78, 5) is 5.00. The summed E-state index contributed by atoms with van der Waals surface area (Å²) >= 11 is 6.20. The van der Waals surface area contributed by atoms with Gasteiger partial charge in [-0.3, -0.25) is 4.99 Å². The van der Waals surface area contributed by atoms with Gasteiger partial charge in [-0.2, -0.15) is 0 Å². The minimum Gasteiger partial charge on any atom is -0.371 e. The van der Waals surface area contributed by atoms with E-state index in [1.54, 1.807) is 0 Å². The summed E-state index contributed by atoms with van der Waals surface area (Å²) in [6, 6.07) is 14.5. The number of nitrogens with zero attached hydrogens (tertiary/aromatic N) is 1. The van der Waals surface area contributed by atoms with Crippen molar-refractivity contribution in [3.05, 3.63) is 58.6 Å². The summed E-state index contributed by atoms with van der Waals surface area (Å²) in [6.07, 6.45) is 5.98. The minimum atomic E-state index is -0.0836. The van der Waals surface area contributed by atoms with E-state index in [9.17, 15) is 0 Å². The van der Waals surface area contributed by atoms with Crippen molar-refractivity contribution in [3.8, 4) is 0 Å². The molecule has 1 spiro atoms. The maximum absolute atomic E-state index is 6.20. The van der Waals surface area contributed by atoms with Crippen LogP contribution < -0.4 is 10.6 Å². The van der Waals surface area contributed by atoms with Crippen molar-refractivity contribution in [1.29, 1.82) is 0 Å². The monoisotopic (exact) mass is 353 g/mol. The molecule has 1 saturated carbocycles. The second-order valence-corrected chi connectivity index (χ2v) is 7.67. The van der Waals surface area contributed by atoms with E-state index in [2.05, 4.69) is 41.8 Å². The predicted molar refractivity (Wildman–Crippen MR) is 107 cm³/mol. The molecule has 25 heavy (non-hydrogen) atoms. The van der Waals surface area contributed by atoms with Crippen LogP contribution in [0.5, 0.6) is 0 Å². The second-order valence-electron chi connectivity index (χ2n) is 7.24. The average molecular weight is 354 g/mol. The first kappa shape index (κ1) is 16.5. The standard InChI is InChI=1S/C21H24ClN3/c1-15-6-5-7-16(12-15)14-23-20-21(10-3-2-4-11-21)25-19-13-17(22)8-9-18(19)24-20/h5-9,12-13,25H,2-4,10-11,14H2,1H3,(H,23,24). The Labute approximate surface area is 154 Å². The van der Waals surface area contributed by atoms with Crippen LogP contribution in [0.4, 0.5) is 11.4 Å². The molecule has 4 rings (SSSR count). The summed E-state index contributed by atoms with van der Waals surface area (Å²) < 4.78 is 0. The number of aryl methyl sites for hydroxylation is 1. The maximum atomic E-state index is 6.20. The van der Waals surface area contributed by atoms with Crippen LogP contribution in [0, 0.1) is 6.92 Å². The number of hydrogen-bond donors (Lipinski definition) is 2. The van der Waals surface area contributed by atoms with Gasteiger partial charge in [0.25, 0.3) is 0 Å². The van der Waals surface area contributed by atoms with Crippen LogP contribution in [-0.2, 0) is 6.54 Å². The Bertz CT molecular complexity index is 807. The molecule has 1 heterocycles. The Morgan fingerprint density at radius 2 is 1.88 bits per heavy atom. The zero-order chi connectivity index (χ0) is 17.3. The molecule has 2 N–H and O–H groups in total. The number of nitrogens with one attached hydrogen (secondary N) is 2. The summed E-state index contributed by atoms with van der Waals surface area (Å²) in [6.45, 7) is 2.83. The number of hydrogen-bond acceptors (Lipinski definition) is 2. The van der Waals surface area contributed by atoms with Crippen LogP contribution in [0.2, 0.25) is 5.02 Å². The highest BCUT2D eigenvalue weighted by Crippen LogP contribution is 2.40.